The van der Waals surface area contributed by atoms with Crippen LogP contribution in [-0.4, -0.2) is 28.0 Å². The Morgan fingerprint density at radius 2 is 2.41 bits per heavy atom. The lowest BCUT2D eigenvalue weighted by Crippen LogP contribution is -2.09. The van der Waals surface area contributed by atoms with Crippen LogP contribution in [0.4, 0.5) is 0 Å². The van der Waals surface area contributed by atoms with E-state index in [0.29, 0.717) is 24.1 Å². The summed E-state index contributed by atoms with van der Waals surface area (Å²) in [6.07, 6.45) is 0.695. The number of esters is 1. The van der Waals surface area contributed by atoms with Gasteiger partial charge in [-0.2, -0.15) is 0 Å². The van der Waals surface area contributed by atoms with Crippen molar-refractivity contribution in [1.82, 2.24) is 10.2 Å². The van der Waals surface area contributed by atoms with Crippen LogP contribution in [0.2, 0.25) is 0 Å². The highest BCUT2D eigenvalue weighted by Crippen LogP contribution is 2.31. The predicted molar refractivity (Wildman–Crippen MR) is 62.8 cm³/mol. The van der Waals surface area contributed by atoms with Gasteiger partial charge in [0.25, 0.3) is 11.1 Å². The van der Waals surface area contributed by atoms with E-state index in [1.54, 1.807) is 0 Å². The van der Waals surface area contributed by atoms with Crippen LogP contribution in [0.15, 0.2) is 27.2 Å². The Balaban J connectivity index is 1.75. The summed E-state index contributed by atoms with van der Waals surface area (Å²) >= 11 is 2.80. The molecule has 1 aliphatic rings. The number of carbonyl (C=O) groups excluding carboxylic acids is 1. The van der Waals surface area contributed by atoms with Crippen molar-refractivity contribution in [3.8, 4) is 10.8 Å². The highest BCUT2D eigenvalue weighted by atomic mass is 32.2. The lowest BCUT2D eigenvalue weighted by molar-refractivity contribution is -0.137. The molecule has 5 nitrogen and oxygen atoms in total. The minimum absolute atomic E-state index is 0.203. The third-order valence-corrected chi connectivity index (χ3v) is 4.21. The van der Waals surface area contributed by atoms with Gasteiger partial charge in [0, 0.05) is 6.42 Å². The third kappa shape index (κ3) is 2.20. The zero-order chi connectivity index (χ0) is 11.7. The summed E-state index contributed by atoms with van der Waals surface area (Å²) in [7, 11) is 0. The van der Waals surface area contributed by atoms with E-state index in [2.05, 4.69) is 10.2 Å². The fourth-order valence-electron chi connectivity index (χ4n) is 1.46. The van der Waals surface area contributed by atoms with Crippen molar-refractivity contribution < 1.29 is 13.9 Å². The van der Waals surface area contributed by atoms with Crippen molar-refractivity contribution in [3.63, 3.8) is 0 Å². The predicted octanol–water partition coefficient (Wildman–Crippen LogP) is 2.21. The van der Waals surface area contributed by atoms with Crippen molar-refractivity contribution in [3.05, 3.63) is 17.5 Å². The zero-order valence-corrected chi connectivity index (χ0v) is 10.3. The van der Waals surface area contributed by atoms with E-state index >= 15 is 0 Å². The van der Waals surface area contributed by atoms with Crippen LogP contribution < -0.4 is 0 Å². The normalized spacial score (nSPS) is 19.5. The molecule has 0 radical (unpaired) electrons. The Kier molecular flexibility index (Phi) is 2.86. The van der Waals surface area contributed by atoms with Crippen LogP contribution in [0, 0.1) is 0 Å². The number of ether oxygens (including phenoxy) is 1. The fourth-order valence-corrected chi connectivity index (χ4v) is 2.94. The smallest absolute Gasteiger partial charge is 0.319 e. The first-order valence-corrected chi connectivity index (χ1v) is 6.79. The average molecular weight is 268 g/mol. The van der Waals surface area contributed by atoms with Gasteiger partial charge in [0.1, 0.15) is 5.25 Å². The van der Waals surface area contributed by atoms with E-state index in [-0.39, 0.29) is 11.2 Å². The minimum atomic E-state index is -0.216. The van der Waals surface area contributed by atoms with Crippen molar-refractivity contribution in [1.29, 1.82) is 0 Å². The second kappa shape index (κ2) is 4.50. The van der Waals surface area contributed by atoms with Gasteiger partial charge in [-0.05, 0) is 23.2 Å². The van der Waals surface area contributed by atoms with E-state index in [9.17, 15) is 4.79 Å². The molecule has 0 aromatic carbocycles. The van der Waals surface area contributed by atoms with Crippen LogP contribution in [0.1, 0.15) is 6.42 Å². The second-order valence-corrected chi connectivity index (χ2v) is 5.51. The maximum absolute atomic E-state index is 11.3. The molecule has 3 heterocycles. The van der Waals surface area contributed by atoms with E-state index in [0.717, 1.165) is 4.88 Å². The molecule has 0 amide bonds. The number of nitrogens with zero attached hydrogens (tertiary/aromatic N) is 2. The number of hydrogen-bond donors (Lipinski definition) is 0. The highest BCUT2D eigenvalue weighted by Gasteiger charge is 2.29. The quantitative estimate of drug-likeness (QED) is 0.795. The number of hydrogen-bond acceptors (Lipinski definition) is 7. The summed E-state index contributed by atoms with van der Waals surface area (Å²) in [6, 6.07) is 3.84. The molecule has 1 aliphatic heterocycles. The van der Waals surface area contributed by atoms with Crippen molar-refractivity contribution >= 4 is 29.1 Å². The number of carbonyl (C=O) groups is 1. The highest BCUT2D eigenvalue weighted by molar-refractivity contribution is 8.00. The fraction of sp³-hybridized carbons (Fsp3) is 0.300. The average Bonchev–Trinajstić information content (AvgIpc) is 3.02. The summed E-state index contributed by atoms with van der Waals surface area (Å²) in [6.45, 7) is 0.475. The van der Waals surface area contributed by atoms with Gasteiger partial charge in [-0.3, -0.25) is 4.79 Å². The molecule has 0 bridgehead atoms. The first-order valence-electron chi connectivity index (χ1n) is 5.03. The molecule has 0 spiro atoms. The largest absolute Gasteiger partial charge is 0.465 e. The summed E-state index contributed by atoms with van der Waals surface area (Å²) in [4.78, 5) is 12.2. The first kappa shape index (κ1) is 10.8. The van der Waals surface area contributed by atoms with Gasteiger partial charge in [0.15, 0.2) is 0 Å². The lowest BCUT2D eigenvalue weighted by atomic mass is 10.4. The van der Waals surface area contributed by atoms with Crippen molar-refractivity contribution in [2.75, 3.05) is 6.61 Å². The van der Waals surface area contributed by atoms with Gasteiger partial charge in [-0.1, -0.05) is 6.07 Å². The molecule has 0 unspecified atom stereocenters. The Bertz CT molecular complexity index is 523. The monoisotopic (exact) mass is 268 g/mol. The van der Waals surface area contributed by atoms with Gasteiger partial charge in [-0.15, -0.1) is 21.5 Å². The van der Waals surface area contributed by atoms with Gasteiger partial charge in [0.05, 0.1) is 11.5 Å². The third-order valence-electron chi connectivity index (χ3n) is 2.27. The maximum atomic E-state index is 11.3. The van der Waals surface area contributed by atoms with Crippen LogP contribution in [0.5, 0.6) is 0 Å². The second-order valence-electron chi connectivity index (χ2n) is 3.41. The Morgan fingerprint density at radius 1 is 1.47 bits per heavy atom. The van der Waals surface area contributed by atoms with Crippen LogP contribution in [-0.2, 0) is 9.53 Å². The summed E-state index contributed by atoms with van der Waals surface area (Å²) in [5.41, 5.74) is 0. The van der Waals surface area contributed by atoms with E-state index < -0.39 is 0 Å². The molecule has 2 aromatic heterocycles. The van der Waals surface area contributed by atoms with Crippen LogP contribution in [0.25, 0.3) is 10.8 Å². The molecule has 1 fully saturated rings. The Hall–Kier alpha value is -1.34. The molecule has 0 aliphatic carbocycles. The number of thiophene rings is 1. The molecule has 1 atom stereocenters. The molecule has 17 heavy (non-hydrogen) atoms. The van der Waals surface area contributed by atoms with Gasteiger partial charge >= 0.3 is 5.97 Å². The van der Waals surface area contributed by atoms with E-state index in [4.69, 9.17) is 9.15 Å². The molecular formula is C10H8N2O3S2. The van der Waals surface area contributed by atoms with Gasteiger partial charge < -0.3 is 9.15 Å². The number of aromatic nitrogens is 2. The molecular weight excluding hydrogens is 260 g/mol. The molecule has 3 rings (SSSR count). The molecule has 0 saturated carbocycles. The summed E-state index contributed by atoms with van der Waals surface area (Å²) in [5, 5.41) is 10.0. The lowest BCUT2D eigenvalue weighted by Gasteiger charge is -1.98. The molecule has 1 saturated heterocycles. The zero-order valence-electron chi connectivity index (χ0n) is 8.66. The number of thioether (sulfide) groups is 1. The summed E-state index contributed by atoms with van der Waals surface area (Å²) in [5.74, 6) is 0.291. The van der Waals surface area contributed by atoms with Crippen LogP contribution in [0.3, 0.4) is 0 Å². The molecule has 2 aromatic rings. The molecule has 7 heteroatoms. The van der Waals surface area contributed by atoms with E-state index in [1.807, 2.05) is 17.5 Å². The Labute approximate surface area is 105 Å². The standard InChI is InChI=1S/C10H8N2O3S2/c13-9-7(3-4-14-9)17-10-12-11-8(15-10)6-2-1-5-16-6/h1-2,5,7H,3-4H2/t7-/m1/s1. The van der Waals surface area contributed by atoms with Crippen molar-refractivity contribution in [2.45, 2.75) is 16.9 Å². The molecule has 88 valence electrons. The van der Waals surface area contributed by atoms with Gasteiger partial charge in [0.2, 0.25) is 0 Å². The topological polar surface area (TPSA) is 65.2 Å². The van der Waals surface area contributed by atoms with Gasteiger partial charge in [-0.25, -0.2) is 0 Å². The number of rotatable bonds is 3. The Morgan fingerprint density at radius 3 is 3.12 bits per heavy atom. The number of cyclic esters (lactones) is 1. The first-order chi connectivity index (χ1) is 8.33. The van der Waals surface area contributed by atoms with Crippen molar-refractivity contribution in [2.24, 2.45) is 0 Å². The van der Waals surface area contributed by atoms with Crippen LogP contribution >= 0.6 is 23.1 Å². The summed E-state index contributed by atoms with van der Waals surface area (Å²) < 4.78 is 10.4. The SMILES string of the molecule is O=C1OCC[C@H]1Sc1nnc(-c2cccs2)o1. The maximum Gasteiger partial charge on any atom is 0.319 e. The van der Waals surface area contributed by atoms with E-state index in [1.165, 1.54) is 23.1 Å². The minimum Gasteiger partial charge on any atom is -0.465 e. The molecule has 0 N–H and O–H groups in total.